The smallest absolute Gasteiger partial charge is 0.213 e. The molecule has 0 aliphatic carbocycles. The summed E-state index contributed by atoms with van der Waals surface area (Å²) in [6, 6.07) is 11.1. The van der Waals surface area contributed by atoms with Crippen LogP contribution in [0.15, 0.2) is 47.6 Å². The van der Waals surface area contributed by atoms with E-state index in [0.717, 1.165) is 17.0 Å². The van der Waals surface area contributed by atoms with E-state index in [-0.39, 0.29) is 24.0 Å². The summed E-state index contributed by atoms with van der Waals surface area (Å²) in [7, 11) is 3.20. The van der Waals surface area contributed by atoms with Gasteiger partial charge in [0, 0.05) is 18.0 Å². The standard InChI is InChI=1S/C15H18N4O2.HI/c1-20-13-5-3-12(4-6-13)19-15(16)18-10-11-7-8-17-14(9-11)21-2;/h3-9H,10H2,1-2H3,(H3,16,18,19);1H. The molecule has 0 aliphatic rings. The Morgan fingerprint density at radius 2 is 1.91 bits per heavy atom. The Morgan fingerprint density at radius 3 is 2.55 bits per heavy atom. The number of aromatic nitrogens is 1. The van der Waals surface area contributed by atoms with Crippen LogP contribution in [-0.4, -0.2) is 25.2 Å². The van der Waals surface area contributed by atoms with Crippen molar-refractivity contribution >= 4 is 35.6 Å². The lowest BCUT2D eigenvalue weighted by Gasteiger charge is -2.07. The van der Waals surface area contributed by atoms with Gasteiger partial charge in [-0.2, -0.15) is 0 Å². The number of anilines is 1. The second-order valence-electron chi connectivity index (χ2n) is 4.26. The van der Waals surface area contributed by atoms with Gasteiger partial charge in [0.15, 0.2) is 5.96 Å². The Balaban J connectivity index is 0.00000242. The number of benzene rings is 1. The van der Waals surface area contributed by atoms with Crippen molar-refractivity contribution < 1.29 is 9.47 Å². The fourth-order valence-electron chi connectivity index (χ4n) is 1.70. The first-order chi connectivity index (χ1) is 10.2. The molecule has 0 spiro atoms. The highest BCUT2D eigenvalue weighted by Gasteiger charge is 1.98. The van der Waals surface area contributed by atoms with Crippen molar-refractivity contribution in [3.05, 3.63) is 48.2 Å². The first kappa shape index (κ1) is 18.0. The molecule has 0 radical (unpaired) electrons. The van der Waals surface area contributed by atoms with Crippen LogP contribution in [-0.2, 0) is 6.54 Å². The number of halogens is 1. The van der Waals surface area contributed by atoms with E-state index >= 15 is 0 Å². The Labute approximate surface area is 146 Å². The molecule has 0 aliphatic heterocycles. The SMILES string of the molecule is COc1ccc(NC(N)=NCc2ccnc(OC)c2)cc1.I. The van der Waals surface area contributed by atoms with Gasteiger partial charge in [-0.3, -0.25) is 0 Å². The molecule has 0 bridgehead atoms. The monoisotopic (exact) mass is 414 g/mol. The Morgan fingerprint density at radius 1 is 1.18 bits per heavy atom. The number of ether oxygens (including phenoxy) is 2. The van der Waals surface area contributed by atoms with Crippen LogP contribution in [0.1, 0.15) is 5.56 Å². The van der Waals surface area contributed by atoms with Crippen molar-refractivity contribution in [1.82, 2.24) is 4.98 Å². The molecule has 2 rings (SSSR count). The predicted octanol–water partition coefficient (Wildman–Crippen LogP) is 2.64. The van der Waals surface area contributed by atoms with Crippen LogP contribution in [0.3, 0.4) is 0 Å². The Hall–Kier alpha value is -2.03. The van der Waals surface area contributed by atoms with Crippen LogP contribution in [0.25, 0.3) is 0 Å². The van der Waals surface area contributed by atoms with E-state index in [4.69, 9.17) is 15.2 Å². The van der Waals surface area contributed by atoms with E-state index in [2.05, 4.69) is 15.3 Å². The van der Waals surface area contributed by atoms with Crippen LogP contribution in [0.5, 0.6) is 11.6 Å². The molecule has 0 unspecified atom stereocenters. The number of hydrogen-bond donors (Lipinski definition) is 2. The number of guanidine groups is 1. The summed E-state index contributed by atoms with van der Waals surface area (Å²) in [6.07, 6.45) is 1.68. The number of rotatable bonds is 5. The van der Waals surface area contributed by atoms with Crippen molar-refractivity contribution in [2.24, 2.45) is 10.7 Å². The fraction of sp³-hybridized carbons (Fsp3) is 0.200. The molecule has 1 aromatic carbocycles. The van der Waals surface area contributed by atoms with Gasteiger partial charge in [-0.05, 0) is 35.9 Å². The maximum Gasteiger partial charge on any atom is 0.213 e. The zero-order chi connectivity index (χ0) is 15.1. The first-order valence-electron chi connectivity index (χ1n) is 6.41. The summed E-state index contributed by atoms with van der Waals surface area (Å²) in [4.78, 5) is 8.32. The first-order valence-corrected chi connectivity index (χ1v) is 6.41. The number of nitrogens with one attached hydrogen (secondary N) is 1. The third-order valence-electron chi connectivity index (χ3n) is 2.80. The third-order valence-corrected chi connectivity index (χ3v) is 2.80. The average molecular weight is 414 g/mol. The molecule has 3 N–H and O–H groups in total. The van der Waals surface area contributed by atoms with Crippen molar-refractivity contribution in [2.75, 3.05) is 19.5 Å². The van der Waals surface area contributed by atoms with Crippen molar-refractivity contribution in [2.45, 2.75) is 6.54 Å². The highest BCUT2D eigenvalue weighted by atomic mass is 127. The molecule has 2 aromatic rings. The number of aliphatic imine (C=N–C) groups is 1. The summed E-state index contributed by atoms with van der Waals surface area (Å²) < 4.78 is 10.2. The minimum atomic E-state index is 0. The lowest BCUT2D eigenvalue weighted by molar-refractivity contribution is 0.397. The van der Waals surface area contributed by atoms with E-state index in [1.165, 1.54) is 0 Å². The van der Waals surface area contributed by atoms with E-state index in [1.54, 1.807) is 20.4 Å². The highest BCUT2D eigenvalue weighted by molar-refractivity contribution is 14.0. The van der Waals surface area contributed by atoms with Crippen LogP contribution in [0, 0.1) is 0 Å². The van der Waals surface area contributed by atoms with Crippen LogP contribution in [0.4, 0.5) is 5.69 Å². The van der Waals surface area contributed by atoms with Gasteiger partial charge < -0.3 is 20.5 Å². The molecule has 6 nitrogen and oxygen atoms in total. The molecule has 0 saturated heterocycles. The minimum absolute atomic E-state index is 0. The van der Waals surface area contributed by atoms with Crippen LogP contribution in [0.2, 0.25) is 0 Å². The molecule has 0 saturated carbocycles. The normalized spacial score (nSPS) is 10.5. The van der Waals surface area contributed by atoms with E-state index in [1.807, 2.05) is 36.4 Å². The topological polar surface area (TPSA) is 81.8 Å². The molecular formula is C15H19IN4O2. The molecule has 1 heterocycles. The van der Waals surface area contributed by atoms with Crippen molar-refractivity contribution in [3.63, 3.8) is 0 Å². The van der Waals surface area contributed by atoms with Gasteiger partial charge >= 0.3 is 0 Å². The molecule has 118 valence electrons. The molecule has 7 heteroatoms. The molecule has 22 heavy (non-hydrogen) atoms. The lowest BCUT2D eigenvalue weighted by Crippen LogP contribution is -2.22. The predicted molar refractivity (Wildman–Crippen MR) is 98.1 cm³/mol. The number of hydrogen-bond acceptors (Lipinski definition) is 4. The third kappa shape index (κ3) is 5.40. The summed E-state index contributed by atoms with van der Waals surface area (Å²) in [5.74, 6) is 1.69. The fourth-order valence-corrected chi connectivity index (χ4v) is 1.70. The number of nitrogens with two attached hydrogens (primary N) is 1. The Bertz CT molecular complexity index is 617. The Kier molecular flexibility index (Phi) is 7.44. The average Bonchev–Trinajstić information content (AvgIpc) is 2.54. The van der Waals surface area contributed by atoms with Gasteiger partial charge in [0.2, 0.25) is 5.88 Å². The summed E-state index contributed by atoms with van der Waals surface area (Å²) in [6.45, 7) is 0.452. The molecule has 0 atom stereocenters. The zero-order valence-corrected chi connectivity index (χ0v) is 14.8. The lowest BCUT2D eigenvalue weighted by atomic mass is 10.3. The molecular weight excluding hydrogens is 395 g/mol. The second kappa shape index (κ2) is 9.08. The quantitative estimate of drug-likeness (QED) is 0.447. The van der Waals surface area contributed by atoms with Gasteiger partial charge in [-0.1, -0.05) is 0 Å². The molecule has 1 aromatic heterocycles. The number of pyridine rings is 1. The summed E-state index contributed by atoms with van der Waals surface area (Å²) in [5, 5.41) is 3.02. The zero-order valence-electron chi connectivity index (χ0n) is 12.4. The largest absolute Gasteiger partial charge is 0.497 e. The molecule has 0 amide bonds. The van der Waals surface area contributed by atoms with E-state index < -0.39 is 0 Å². The van der Waals surface area contributed by atoms with E-state index in [9.17, 15) is 0 Å². The van der Waals surface area contributed by atoms with Crippen LogP contribution >= 0.6 is 24.0 Å². The molecule has 0 fully saturated rings. The van der Waals surface area contributed by atoms with Crippen molar-refractivity contribution in [3.8, 4) is 11.6 Å². The summed E-state index contributed by atoms with van der Waals surface area (Å²) >= 11 is 0. The van der Waals surface area contributed by atoms with Gasteiger partial charge in [0.25, 0.3) is 0 Å². The van der Waals surface area contributed by atoms with Gasteiger partial charge in [0.05, 0.1) is 20.8 Å². The van der Waals surface area contributed by atoms with Gasteiger partial charge in [-0.25, -0.2) is 9.98 Å². The highest BCUT2D eigenvalue weighted by Crippen LogP contribution is 2.15. The summed E-state index contributed by atoms with van der Waals surface area (Å²) in [5.41, 5.74) is 7.68. The minimum Gasteiger partial charge on any atom is -0.497 e. The number of nitrogens with zero attached hydrogens (tertiary/aromatic N) is 2. The maximum atomic E-state index is 5.86. The van der Waals surface area contributed by atoms with Crippen LogP contribution < -0.4 is 20.5 Å². The van der Waals surface area contributed by atoms with Gasteiger partial charge in [0.1, 0.15) is 5.75 Å². The number of methoxy groups -OCH3 is 2. The maximum absolute atomic E-state index is 5.86. The second-order valence-corrected chi connectivity index (χ2v) is 4.26. The van der Waals surface area contributed by atoms with E-state index in [0.29, 0.717) is 18.4 Å². The van der Waals surface area contributed by atoms with Crippen molar-refractivity contribution in [1.29, 1.82) is 0 Å². The van der Waals surface area contributed by atoms with Gasteiger partial charge in [-0.15, -0.1) is 24.0 Å².